The summed E-state index contributed by atoms with van der Waals surface area (Å²) in [7, 11) is -3.84. The Morgan fingerprint density at radius 1 is 0.925 bits per heavy atom. The van der Waals surface area contributed by atoms with Gasteiger partial charge in [0.1, 0.15) is 18.4 Å². The summed E-state index contributed by atoms with van der Waals surface area (Å²) in [6.45, 7) is 1.31. The molecule has 0 saturated heterocycles. The van der Waals surface area contributed by atoms with Gasteiger partial charge >= 0.3 is 0 Å². The van der Waals surface area contributed by atoms with Crippen LogP contribution in [0.4, 0.5) is 10.1 Å². The fourth-order valence-corrected chi connectivity index (χ4v) is 6.05. The molecule has 0 bridgehead atoms. The summed E-state index contributed by atoms with van der Waals surface area (Å²) in [6, 6.07) is 21.2. The number of benzene rings is 3. The van der Waals surface area contributed by atoms with Gasteiger partial charge in [-0.05, 0) is 54.7 Å². The Bertz CT molecular complexity index is 1410. The van der Waals surface area contributed by atoms with Crippen molar-refractivity contribution in [3.63, 3.8) is 0 Å². The summed E-state index contributed by atoms with van der Waals surface area (Å²) in [6.07, 6.45) is 5.13. The Balaban J connectivity index is 1.72. The number of hydrogen-bond donors (Lipinski definition) is 1. The average molecular weight is 566 g/mol. The molecular formula is C31H36FN3O4S. The Kier molecular flexibility index (Phi) is 9.58. The lowest BCUT2D eigenvalue weighted by Gasteiger charge is -2.34. The van der Waals surface area contributed by atoms with Gasteiger partial charge in [0, 0.05) is 19.0 Å². The molecule has 212 valence electrons. The van der Waals surface area contributed by atoms with E-state index in [0.717, 1.165) is 41.8 Å². The molecule has 1 saturated carbocycles. The third-order valence-electron chi connectivity index (χ3n) is 7.30. The minimum absolute atomic E-state index is 0.0140. The molecule has 9 heteroatoms. The number of amides is 2. The van der Waals surface area contributed by atoms with Crippen LogP contribution in [0.3, 0.4) is 0 Å². The highest BCUT2D eigenvalue weighted by molar-refractivity contribution is 7.92. The van der Waals surface area contributed by atoms with Gasteiger partial charge in [0.25, 0.3) is 0 Å². The normalized spacial score (nSPS) is 14.5. The number of carbonyl (C=O) groups is 2. The quantitative estimate of drug-likeness (QED) is 0.368. The number of para-hydroxylation sites is 1. The first kappa shape index (κ1) is 29.3. The highest BCUT2D eigenvalue weighted by Gasteiger charge is 2.34. The maximum atomic E-state index is 14.1. The van der Waals surface area contributed by atoms with Crippen LogP contribution in [0.1, 0.15) is 42.4 Å². The van der Waals surface area contributed by atoms with Crippen molar-refractivity contribution in [1.82, 2.24) is 10.2 Å². The van der Waals surface area contributed by atoms with Crippen molar-refractivity contribution in [1.29, 1.82) is 0 Å². The summed E-state index contributed by atoms with van der Waals surface area (Å²) in [5.41, 5.74) is 2.59. The average Bonchev–Trinajstić information content (AvgIpc) is 3.43. The molecule has 1 aliphatic rings. The standard InChI is InChI=1S/C31H36FN3O4S/c1-23-10-6-9-15-28(23)35(40(2,38)39)22-30(36)34(21-25-16-18-26(32)19-17-25)29(20-24-11-4-3-5-12-24)31(37)33-27-13-7-8-14-27/h3-6,9-12,15-19,27,29H,7-8,13-14,20-22H2,1-2H3,(H,33,37). The molecule has 1 N–H and O–H groups in total. The Labute approximate surface area is 236 Å². The van der Waals surface area contributed by atoms with Crippen LogP contribution in [0.5, 0.6) is 0 Å². The maximum absolute atomic E-state index is 14.1. The molecule has 3 aromatic carbocycles. The Hall–Kier alpha value is -3.72. The first-order valence-electron chi connectivity index (χ1n) is 13.5. The highest BCUT2D eigenvalue weighted by atomic mass is 32.2. The molecule has 0 heterocycles. The van der Waals surface area contributed by atoms with Crippen molar-refractivity contribution in [3.8, 4) is 0 Å². The predicted molar refractivity (Wildman–Crippen MR) is 155 cm³/mol. The highest BCUT2D eigenvalue weighted by Crippen LogP contribution is 2.24. The molecule has 3 aromatic rings. The van der Waals surface area contributed by atoms with Crippen LogP contribution in [0.2, 0.25) is 0 Å². The second-order valence-electron chi connectivity index (χ2n) is 10.4. The van der Waals surface area contributed by atoms with E-state index in [1.54, 1.807) is 43.3 Å². The molecular weight excluding hydrogens is 529 g/mol. The van der Waals surface area contributed by atoms with Crippen molar-refractivity contribution in [2.24, 2.45) is 0 Å². The third kappa shape index (κ3) is 7.69. The summed E-state index contributed by atoms with van der Waals surface area (Å²) in [5, 5.41) is 3.13. The fraction of sp³-hybridized carbons (Fsp3) is 0.355. The van der Waals surface area contributed by atoms with Crippen molar-refractivity contribution >= 4 is 27.5 Å². The van der Waals surface area contributed by atoms with Crippen LogP contribution in [-0.2, 0) is 32.6 Å². The summed E-state index contributed by atoms with van der Waals surface area (Å²) in [5.74, 6) is -1.22. The van der Waals surface area contributed by atoms with Crippen LogP contribution in [0.25, 0.3) is 0 Å². The smallest absolute Gasteiger partial charge is 0.244 e. The second kappa shape index (κ2) is 13.1. The first-order valence-corrected chi connectivity index (χ1v) is 15.4. The predicted octanol–water partition coefficient (Wildman–Crippen LogP) is 4.60. The number of aryl methyl sites for hydroxylation is 1. The SMILES string of the molecule is Cc1ccccc1N(CC(=O)N(Cc1ccc(F)cc1)C(Cc1ccccc1)C(=O)NC1CCCC1)S(C)(=O)=O. The largest absolute Gasteiger partial charge is 0.352 e. The molecule has 1 fully saturated rings. The van der Waals surface area contributed by atoms with Crippen LogP contribution < -0.4 is 9.62 Å². The van der Waals surface area contributed by atoms with Crippen molar-refractivity contribution in [2.75, 3.05) is 17.1 Å². The molecule has 40 heavy (non-hydrogen) atoms. The molecule has 7 nitrogen and oxygen atoms in total. The van der Waals surface area contributed by atoms with Gasteiger partial charge < -0.3 is 10.2 Å². The third-order valence-corrected chi connectivity index (χ3v) is 8.43. The summed E-state index contributed by atoms with van der Waals surface area (Å²) >= 11 is 0. The second-order valence-corrected chi connectivity index (χ2v) is 12.3. The maximum Gasteiger partial charge on any atom is 0.244 e. The number of sulfonamides is 1. The zero-order valence-corrected chi connectivity index (χ0v) is 23.7. The molecule has 1 unspecified atom stereocenters. The van der Waals surface area contributed by atoms with E-state index in [0.29, 0.717) is 16.8 Å². The van der Waals surface area contributed by atoms with Gasteiger partial charge in [0.05, 0.1) is 11.9 Å². The lowest BCUT2D eigenvalue weighted by atomic mass is 10.0. The number of nitrogens with one attached hydrogen (secondary N) is 1. The number of nitrogens with zero attached hydrogens (tertiary/aromatic N) is 2. The van der Waals surface area contributed by atoms with E-state index < -0.39 is 34.3 Å². The van der Waals surface area contributed by atoms with Crippen molar-refractivity contribution in [3.05, 3.63) is 101 Å². The zero-order valence-electron chi connectivity index (χ0n) is 22.9. The van der Waals surface area contributed by atoms with Crippen LogP contribution in [0, 0.1) is 12.7 Å². The number of hydrogen-bond acceptors (Lipinski definition) is 4. The van der Waals surface area contributed by atoms with Gasteiger partial charge in [0.2, 0.25) is 21.8 Å². The number of anilines is 1. The monoisotopic (exact) mass is 565 g/mol. The van der Waals surface area contributed by atoms with E-state index in [-0.39, 0.29) is 24.9 Å². The Morgan fingerprint density at radius 2 is 1.55 bits per heavy atom. The minimum Gasteiger partial charge on any atom is -0.352 e. The number of carbonyl (C=O) groups excluding carboxylic acids is 2. The van der Waals surface area contributed by atoms with Crippen LogP contribution >= 0.6 is 0 Å². The van der Waals surface area contributed by atoms with Gasteiger partial charge in [-0.25, -0.2) is 12.8 Å². The van der Waals surface area contributed by atoms with E-state index in [1.165, 1.54) is 17.0 Å². The van der Waals surface area contributed by atoms with Gasteiger partial charge in [-0.3, -0.25) is 13.9 Å². The Morgan fingerprint density at radius 3 is 2.17 bits per heavy atom. The molecule has 0 spiro atoms. The summed E-state index contributed by atoms with van der Waals surface area (Å²) < 4.78 is 40.6. The van der Waals surface area contributed by atoms with E-state index >= 15 is 0 Å². The number of halogens is 1. The lowest BCUT2D eigenvalue weighted by Crippen LogP contribution is -2.54. The van der Waals surface area contributed by atoms with Crippen molar-refractivity contribution < 1.29 is 22.4 Å². The van der Waals surface area contributed by atoms with Crippen molar-refractivity contribution in [2.45, 2.75) is 57.7 Å². The van der Waals surface area contributed by atoms with Gasteiger partial charge in [-0.1, -0.05) is 73.5 Å². The van der Waals surface area contributed by atoms with Crippen LogP contribution in [-0.4, -0.2) is 50.0 Å². The molecule has 4 rings (SSSR count). The topological polar surface area (TPSA) is 86.8 Å². The molecule has 0 aliphatic heterocycles. The van der Waals surface area contributed by atoms with Gasteiger partial charge in [-0.15, -0.1) is 0 Å². The minimum atomic E-state index is -3.84. The zero-order chi connectivity index (χ0) is 28.7. The van der Waals surface area contributed by atoms with Crippen LogP contribution in [0.15, 0.2) is 78.9 Å². The van der Waals surface area contributed by atoms with E-state index in [9.17, 15) is 22.4 Å². The van der Waals surface area contributed by atoms with E-state index in [1.807, 2.05) is 30.3 Å². The molecule has 1 atom stereocenters. The molecule has 1 aliphatic carbocycles. The fourth-order valence-electron chi connectivity index (χ4n) is 5.15. The van der Waals surface area contributed by atoms with Gasteiger partial charge in [0.15, 0.2) is 0 Å². The van der Waals surface area contributed by atoms with E-state index in [4.69, 9.17) is 0 Å². The molecule has 0 aromatic heterocycles. The summed E-state index contributed by atoms with van der Waals surface area (Å²) in [4.78, 5) is 29.3. The van der Waals surface area contributed by atoms with E-state index in [2.05, 4.69) is 5.32 Å². The molecule has 0 radical (unpaired) electrons. The molecule has 2 amide bonds. The lowest BCUT2D eigenvalue weighted by molar-refractivity contribution is -0.140. The van der Waals surface area contributed by atoms with Gasteiger partial charge in [-0.2, -0.15) is 0 Å². The first-order chi connectivity index (χ1) is 19.1. The number of rotatable bonds is 11.